The van der Waals surface area contributed by atoms with Gasteiger partial charge in [0, 0.05) is 0 Å². The Hall–Kier alpha value is -3.15. The number of oxazole rings is 1. The molecule has 0 saturated carbocycles. The molecular weight excluding hydrogens is 340 g/mol. The molecule has 0 radical (unpaired) electrons. The number of H-pyrrole nitrogens is 1. The summed E-state index contributed by atoms with van der Waals surface area (Å²) in [6, 6.07) is 4.85. The number of aromatic amines is 1. The summed E-state index contributed by atoms with van der Waals surface area (Å²) < 4.78 is 29.3. The first-order valence-electron chi connectivity index (χ1n) is 6.60. The highest BCUT2D eigenvalue weighted by Gasteiger charge is 2.12. The molecule has 1 amide bonds. The summed E-state index contributed by atoms with van der Waals surface area (Å²) in [5, 5.41) is 10.2. The van der Waals surface area contributed by atoms with Gasteiger partial charge in [-0.25, -0.2) is 13.2 Å². The monoisotopic (exact) mass is 352 g/mol. The number of benzene rings is 1. The van der Waals surface area contributed by atoms with E-state index in [1.807, 2.05) is 0 Å². The van der Waals surface area contributed by atoms with Crippen molar-refractivity contribution in [2.45, 2.75) is 6.54 Å². The second kappa shape index (κ2) is 5.81. The summed E-state index contributed by atoms with van der Waals surface area (Å²) in [7, 11) is -3.47. The number of carbonyl (C=O) groups is 1. The van der Waals surface area contributed by atoms with Gasteiger partial charge >= 0.3 is 5.76 Å². The lowest BCUT2D eigenvalue weighted by atomic mass is 10.3. The minimum Gasteiger partial charge on any atom is -0.406 e. The van der Waals surface area contributed by atoms with Gasteiger partial charge in [-0.2, -0.15) is 9.90 Å². The van der Waals surface area contributed by atoms with Gasteiger partial charge in [0.25, 0.3) is 0 Å². The number of rotatable bonds is 5. The number of amides is 1. The van der Waals surface area contributed by atoms with E-state index >= 15 is 0 Å². The van der Waals surface area contributed by atoms with Crippen molar-refractivity contribution < 1.29 is 17.6 Å². The molecule has 0 aliphatic carbocycles. The molecule has 126 valence electrons. The van der Waals surface area contributed by atoms with Crippen LogP contribution >= 0.6 is 0 Å². The van der Waals surface area contributed by atoms with Gasteiger partial charge < -0.3 is 9.73 Å². The molecule has 11 nitrogen and oxygen atoms in total. The van der Waals surface area contributed by atoms with Gasteiger partial charge in [0.2, 0.25) is 15.9 Å². The Morgan fingerprint density at radius 1 is 1.42 bits per heavy atom. The van der Waals surface area contributed by atoms with Gasteiger partial charge in [-0.15, -0.1) is 5.10 Å². The molecule has 3 rings (SSSR count). The summed E-state index contributed by atoms with van der Waals surface area (Å²) in [5.74, 6) is -1.10. The van der Waals surface area contributed by atoms with Gasteiger partial charge in [-0.05, 0) is 12.1 Å². The Labute approximate surface area is 134 Å². The van der Waals surface area contributed by atoms with Crippen LogP contribution < -0.4 is 15.8 Å². The fraction of sp³-hybridized carbons (Fsp3) is 0.167. The third kappa shape index (κ3) is 3.60. The quantitative estimate of drug-likeness (QED) is 0.571. The number of nitrogens with one attached hydrogen (secondary N) is 3. The highest BCUT2D eigenvalue weighted by atomic mass is 32.2. The van der Waals surface area contributed by atoms with Crippen LogP contribution in [0, 0.1) is 0 Å². The van der Waals surface area contributed by atoms with Crippen molar-refractivity contribution in [3.05, 3.63) is 34.9 Å². The predicted molar refractivity (Wildman–Crippen MR) is 84.0 cm³/mol. The van der Waals surface area contributed by atoms with Gasteiger partial charge in [-0.1, -0.05) is 6.07 Å². The number of hydrogen-bond acceptors (Lipinski definition) is 7. The Morgan fingerprint density at radius 3 is 2.96 bits per heavy atom. The van der Waals surface area contributed by atoms with Crippen LogP contribution in [0.15, 0.2) is 33.6 Å². The van der Waals surface area contributed by atoms with E-state index in [0.717, 1.165) is 11.1 Å². The van der Waals surface area contributed by atoms with Crippen molar-refractivity contribution in [3.63, 3.8) is 0 Å². The van der Waals surface area contributed by atoms with Crippen molar-refractivity contribution in [1.82, 2.24) is 20.0 Å². The average molecular weight is 352 g/mol. The average Bonchev–Trinajstić information content (AvgIpc) is 3.03. The lowest BCUT2D eigenvalue weighted by Crippen LogP contribution is -2.20. The highest BCUT2D eigenvalue weighted by Crippen LogP contribution is 2.20. The number of nitrogens with zero attached hydrogens (tertiary/aromatic N) is 3. The molecule has 0 fully saturated rings. The first-order valence-corrected chi connectivity index (χ1v) is 8.49. The Kier molecular flexibility index (Phi) is 3.81. The third-order valence-corrected chi connectivity index (χ3v) is 3.41. The molecule has 1 aromatic carbocycles. The van der Waals surface area contributed by atoms with Crippen molar-refractivity contribution >= 4 is 38.5 Å². The largest absolute Gasteiger partial charge is 0.417 e. The number of sulfonamides is 1. The fourth-order valence-corrected chi connectivity index (χ4v) is 2.47. The zero-order chi connectivity index (χ0) is 17.3. The van der Waals surface area contributed by atoms with E-state index in [9.17, 15) is 18.0 Å². The molecule has 0 spiro atoms. The van der Waals surface area contributed by atoms with E-state index in [1.165, 1.54) is 6.20 Å². The summed E-state index contributed by atoms with van der Waals surface area (Å²) in [5.41, 5.74) is 0.996. The van der Waals surface area contributed by atoms with Crippen LogP contribution in [0.4, 0.5) is 11.5 Å². The van der Waals surface area contributed by atoms with Gasteiger partial charge in [0.05, 0.1) is 23.7 Å². The Bertz CT molecular complexity index is 1060. The molecule has 2 heterocycles. The Balaban J connectivity index is 1.72. The smallest absolute Gasteiger partial charge is 0.406 e. The topological polar surface area (TPSA) is 152 Å². The van der Waals surface area contributed by atoms with Gasteiger partial charge in [0.15, 0.2) is 11.4 Å². The molecule has 2 aromatic heterocycles. The minimum atomic E-state index is -3.47. The zero-order valence-electron chi connectivity index (χ0n) is 12.3. The molecule has 3 aromatic rings. The molecule has 3 N–H and O–H groups in total. The SMILES string of the molecule is CS(=O)(=O)Nc1cnn(CC(=O)Nc2cccc3[nH]c(=O)oc23)n1. The molecular formula is C12H12N6O5S. The number of para-hydroxylation sites is 1. The maximum atomic E-state index is 12.0. The summed E-state index contributed by atoms with van der Waals surface area (Å²) in [6.07, 6.45) is 2.16. The molecule has 0 atom stereocenters. The van der Waals surface area contributed by atoms with Gasteiger partial charge in [0.1, 0.15) is 6.54 Å². The Morgan fingerprint density at radius 2 is 2.21 bits per heavy atom. The van der Waals surface area contributed by atoms with E-state index in [2.05, 4.69) is 25.2 Å². The van der Waals surface area contributed by atoms with Crippen LogP contribution in [-0.2, 0) is 21.4 Å². The van der Waals surface area contributed by atoms with Crippen molar-refractivity contribution in [2.75, 3.05) is 16.3 Å². The van der Waals surface area contributed by atoms with E-state index in [1.54, 1.807) is 18.2 Å². The van der Waals surface area contributed by atoms with Crippen LogP contribution in [0.25, 0.3) is 11.1 Å². The molecule has 24 heavy (non-hydrogen) atoms. The summed E-state index contributed by atoms with van der Waals surface area (Å²) >= 11 is 0. The second-order valence-corrected chi connectivity index (χ2v) is 6.63. The summed E-state index contributed by atoms with van der Waals surface area (Å²) in [6.45, 7) is -0.253. The fourth-order valence-electron chi connectivity index (χ4n) is 2.00. The first-order chi connectivity index (χ1) is 11.3. The molecule has 0 unspecified atom stereocenters. The molecule has 0 aliphatic rings. The van der Waals surface area contributed by atoms with E-state index in [0.29, 0.717) is 11.2 Å². The normalized spacial score (nSPS) is 11.5. The van der Waals surface area contributed by atoms with E-state index < -0.39 is 21.7 Å². The van der Waals surface area contributed by atoms with Crippen LogP contribution in [0.1, 0.15) is 0 Å². The van der Waals surface area contributed by atoms with Crippen molar-refractivity contribution in [1.29, 1.82) is 0 Å². The maximum Gasteiger partial charge on any atom is 0.417 e. The lowest BCUT2D eigenvalue weighted by molar-refractivity contribution is -0.117. The second-order valence-electron chi connectivity index (χ2n) is 4.88. The third-order valence-electron chi connectivity index (χ3n) is 2.83. The molecule has 0 saturated heterocycles. The predicted octanol–water partition coefficient (Wildman–Crippen LogP) is -0.277. The van der Waals surface area contributed by atoms with Crippen LogP contribution in [0.5, 0.6) is 0 Å². The zero-order valence-corrected chi connectivity index (χ0v) is 13.1. The maximum absolute atomic E-state index is 12.0. The van der Waals surface area contributed by atoms with Gasteiger partial charge in [-0.3, -0.25) is 14.5 Å². The number of fused-ring (bicyclic) bond motifs is 1. The highest BCUT2D eigenvalue weighted by molar-refractivity contribution is 7.92. The molecule has 0 bridgehead atoms. The molecule has 0 aliphatic heterocycles. The number of carbonyl (C=O) groups excluding carboxylic acids is 1. The number of anilines is 2. The minimum absolute atomic E-state index is 0.00373. The number of hydrogen-bond donors (Lipinski definition) is 3. The summed E-state index contributed by atoms with van der Waals surface area (Å²) in [4.78, 5) is 26.8. The standard InChI is InChI=1S/C12H12N6O5S/c1-24(21,22)17-9-5-13-18(16-9)6-10(19)14-7-3-2-4-8-11(7)23-12(20)15-8/h2-5H,6H2,1H3,(H,14,19)(H,15,20)(H,16,17). The van der Waals surface area contributed by atoms with E-state index in [-0.39, 0.29) is 17.9 Å². The number of aromatic nitrogens is 4. The van der Waals surface area contributed by atoms with Crippen molar-refractivity contribution in [3.8, 4) is 0 Å². The van der Waals surface area contributed by atoms with Crippen LogP contribution in [-0.4, -0.2) is 40.6 Å². The van der Waals surface area contributed by atoms with Crippen LogP contribution in [0.2, 0.25) is 0 Å². The van der Waals surface area contributed by atoms with Crippen LogP contribution in [0.3, 0.4) is 0 Å². The lowest BCUT2D eigenvalue weighted by Gasteiger charge is -2.04. The van der Waals surface area contributed by atoms with Crippen molar-refractivity contribution in [2.24, 2.45) is 0 Å². The first kappa shape index (κ1) is 15.7. The van der Waals surface area contributed by atoms with E-state index in [4.69, 9.17) is 4.42 Å². The molecule has 12 heteroatoms.